The van der Waals surface area contributed by atoms with Gasteiger partial charge in [0.1, 0.15) is 0 Å². The van der Waals surface area contributed by atoms with Gasteiger partial charge in [-0.15, -0.1) is 0 Å². The van der Waals surface area contributed by atoms with Crippen molar-refractivity contribution in [2.45, 2.75) is 70.8 Å². The largest absolute Gasteiger partial charge is 0.480 e. The van der Waals surface area contributed by atoms with Gasteiger partial charge in [-0.05, 0) is 38.1 Å². The van der Waals surface area contributed by atoms with Crippen molar-refractivity contribution < 1.29 is 14.7 Å². The van der Waals surface area contributed by atoms with E-state index in [9.17, 15) is 9.59 Å². The summed E-state index contributed by atoms with van der Waals surface area (Å²) in [6.07, 6.45) is 11.1. The van der Waals surface area contributed by atoms with E-state index in [1.165, 1.54) is 38.5 Å². The second-order valence-corrected chi connectivity index (χ2v) is 7.96. The van der Waals surface area contributed by atoms with E-state index >= 15 is 0 Å². The first kappa shape index (κ1) is 21.2. The first-order chi connectivity index (χ1) is 12.6. The van der Waals surface area contributed by atoms with E-state index in [0.29, 0.717) is 12.6 Å². The molecule has 2 fully saturated rings. The SMILES string of the molecule is CCN(CC(=O)O)C1CCN(CC(=O)NCCCC2CCCCC2)CC1. The Morgan fingerprint density at radius 3 is 2.42 bits per heavy atom. The number of carbonyl (C=O) groups excluding carboxylic acids is 1. The Kier molecular flexibility index (Phi) is 9.40. The van der Waals surface area contributed by atoms with Gasteiger partial charge in [0, 0.05) is 25.7 Å². The van der Waals surface area contributed by atoms with Crippen molar-refractivity contribution in [1.82, 2.24) is 15.1 Å². The van der Waals surface area contributed by atoms with Gasteiger partial charge in [-0.25, -0.2) is 0 Å². The van der Waals surface area contributed by atoms with E-state index in [-0.39, 0.29) is 12.5 Å². The molecule has 2 rings (SSSR count). The van der Waals surface area contributed by atoms with E-state index in [4.69, 9.17) is 5.11 Å². The number of rotatable bonds is 10. The summed E-state index contributed by atoms with van der Waals surface area (Å²) in [4.78, 5) is 27.3. The van der Waals surface area contributed by atoms with Gasteiger partial charge in [0.05, 0.1) is 13.1 Å². The molecule has 0 spiro atoms. The first-order valence-electron chi connectivity index (χ1n) is 10.5. The molecular weight excluding hydrogens is 330 g/mol. The van der Waals surface area contributed by atoms with Crippen LogP contribution in [0.25, 0.3) is 0 Å². The normalized spacial score (nSPS) is 20.4. The number of piperidine rings is 1. The number of carboxylic acid groups (broad SMARTS) is 1. The maximum atomic E-state index is 12.1. The highest BCUT2D eigenvalue weighted by Gasteiger charge is 2.25. The molecular formula is C20H37N3O3. The van der Waals surface area contributed by atoms with Crippen LogP contribution < -0.4 is 5.32 Å². The van der Waals surface area contributed by atoms with Crippen LogP contribution in [0, 0.1) is 5.92 Å². The van der Waals surface area contributed by atoms with Gasteiger partial charge in [-0.3, -0.25) is 19.4 Å². The highest BCUT2D eigenvalue weighted by Crippen LogP contribution is 2.26. The minimum Gasteiger partial charge on any atom is -0.480 e. The zero-order valence-electron chi connectivity index (χ0n) is 16.4. The third-order valence-electron chi connectivity index (χ3n) is 6.02. The monoisotopic (exact) mass is 367 g/mol. The van der Waals surface area contributed by atoms with Gasteiger partial charge < -0.3 is 10.4 Å². The number of carbonyl (C=O) groups is 2. The van der Waals surface area contributed by atoms with Gasteiger partial charge in [-0.2, -0.15) is 0 Å². The molecule has 0 radical (unpaired) electrons. The Morgan fingerprint density at radius 2 is 1.81 bits per heavy atom. The molecule has 1 aliphatic carbocycles. The van der Waals surface area contributed by atoms with Gasteiger partial charge in [-0.1, -0.05) is 39.0 Å². The number of likely N-dealkylation sites (N-methyl/N-ethyl adjacent to an activating group) is 1. The average molecular weight is 368 g/mol. The predicted molar refractivity (Wildman–Crippen MR) is 103 cm³/mol. The van der Waals surface area contributed by atoms with Crippen molar-refractivity contribution in [3.8, 4) is 0 Å². The van der Waals surface area contributed by atoms with Gasteiger partial charge in [0.15, 0.2) is 0 Å². The summed E-state index contributed by atoms with van der Waals surface area (Å²) in [7, 11) is 0. The third kappa shape index (κ3) is 7.62. The van der Waals surface area contributed by atoms with Gasteiger partial charge in [0.2, 0.25) is 5.91 Å². The van der Waals surface area contributed by atoms with Crippen LogP contribution in [0.15, 0.2) is 0 Å². The Hall–Kier alpha value is -1.14. The van der Waals surface area contributed by atoms with Crippen molar-refractivity contribution in [2.24, 2.45) is 5.92 Å². The Balaban J connectivity index is 1.56. The molecule has 1 saturated carbocycles. The van der Waals surface area contributed by atoms with Crippen molar-refractivity contribution in [3.05, 3.63) is 0 Å². The number of carboxylic acids is 1. The summed E-state index contributed by atoms with van der Waals surface area (Å²) >= 11 is 0. The van der Waals surface area contributed by atoms with E-state index in [1.807, 2.05) is 11.8 Å². The topological polar surface area (TPSA) is 72.9 Å². The number of nitrogens with one attached hydrogen (secondary N) is 1. The molecule has 150 valence electrons. The lowest BCUT2D eigenvalue weighted by Gasteiger charge is -2.37. The molecule has 6 heteroatoms. The summed E-state index contributed by atoms with van der Waals surface area (Å²) in [6.45, 7) is 5.90. The zero-order valence-corrected chi connectivity index (χ0v) is 16.4. The molecule has 2 aliphatic rings. The molecule has 1 saturated heterocycles. The predicted octanol–water partition coefficient (Wildman–Crippen LogP) is 2.33. The second-order valence-electron chi connectivity index (χ2n) is 7.96. The lowest BCUT2D eigenvalue weighted by Crippen LogP contribution is -2.48. The Bertz CT molecular complexity index is 430. The smallest absolute Gasteiger partial charge is 0.317 e. The molecule has 1 aliphatic heterocycles. The van der Waals surface area contributed by atoms with Crippen LogP contribution in [0.2, 0.25) is 0 Å². The summed E-state index contributed by atoms with van der Waals surface area (Å²) in [6, 6.07) is 0.325. The number of amides is 1. The highest BCUT2D eigenvalue weighted by atomic mass is 16.4. The molecule has 0 aromatic heterocycles. The maximum Gasteiger partial charge on any atom is 0.317 e. The maximum absolute atomic E-state index is 12.1. The molecule has 0 bridgehead atoms. The lowest BCUT2D eigenvalue weighted by atomic mass is 9.86. The summed E-state index contributed by atoms with van der Waals surface area (Å²) in [5.41, 5.74) is 0. The fourth-order valence-corrected chi connectivity index (χ4v) is 4.47. The summed E-state index contributed by atoms with van der Waals surface area (Å²) in [5.74, 6) is 0.249. The molecule has 1 amide bonds. The minimum absolute atomic E-state index is 0.114. The molecule has 0 aromatic carbocycles. The molecule has 2 N–H and O–H groups in total. The van der Waals surface area contributed by atoms with Crippen LogP contribution in [-0.2, 0) is 9.59 Å². The van der Waals surface area contributed by atoms with Crippen LogP contribution in [-0.4, -0.2) is 72.1 Å². The number of aliphatic carboxylic acids is 1. The van der Waals surface area contributed by atoms with Crippen molar-refractivity contribution in [3.63, 3.8) is 0 Å². The standard InChI is InChI=1S/C20H37N3O3/c1-2-23(16-20(25)26)18-10-13-22(14-11-18)15-19(24)21-12-6-9-17-7-4-3-5-8-17/h17-18H,2-16H2,1H3,(H,21,24)(H,25,26). The summed E-state index contributed by atoms with van der Waals surface area (Å²) < 4.78 is 0. The highest BCUT2D eigenvalue weighted by molar-refractivity contribution is 5.78. The van der Waals surface area contributed by atoms with E-state index in [2.05, 4.69) is 10.2 Å². The molecule has 1 heterocycles. The van der Waals surface area contributed by atoms with E-state index in [0.717, 1.165) is 51.4 Å². The molecule has 0 unspecified atom stereocenters. The fraction of sp³-hybridized carbons (Fsp3) is 0.900. The third-order valence-corrected chi connectivity index (χ3v) is 6.02. The number of hydrogen-bond donors (Lipinski definition) is 2. The molecule has 26 heavy (non-hydrogen) atoms. The van der Waals surface area contributed by atoms with Crippen molar-refractivity contribution in [2.75, 3.05) is 39.3 Å². The van der Waals surface area contributed by atoms with Crippen LogP contribution in [0.5, 0.6) is 0 Å². The fourth-order valence-electron chi connectivity index (χ4n) is 4.47. The Labute approximate surface area is 158 Å². The van der Waals surface area contributed by atoms with Crippen LogP contribution in [0.3, 0.4) is 0 Å². The van der Waals surface area contributed by atoms with Crippen molar-refractivity contribution >= 4 is 11.9 Å². The first-order valence-corrected chi connectivity index (χ1v) is 10.5. The van der Waals surface area contributed by atoms with E-state index < -0.39 is 5.97 Å². The van der Waals surface area contributed by atoms with Gasteiger partial charge >= 0.3 is 5.97 Å². The molecule has 0 aromatic rings. The van der Waals surface area contributed by atoms with Crippen LogP contribution >= 0.6 is 0 Å². The zero-order chi connectivity index (χ0) is 18.8. The number of nitrogens with zero attached hydrogens (tertiary/aromatic N) is 2. The Morgan fingerprint density at radius 1 is 1.12 bits per heavy atom. The van der Waals surface area contributed by atoms with Gasteiger partial charge in [0.25, 0.3) is 0 Å². The van der Waals surface area contributed by atoms with Crippen LogP contribution in [0.4, 0.5) is 0 Å². The molecule has 6 nitrogen and oxygen atoms in total. The van der Waals surface area contributed by atoms with Crippen molar-refractivity contribution in [1.29, 1.82) is 0 Å². The summed E-state index contributed by atoms with van der Waals surface area (Å²) in [5, 5.41) is 12.1. The van der Waals surface area contributed by atoms with E-state index in [1.54, 1.807) is 0 Å². The lowest BCUT2D eigenvalue weighted by molar-refractivity contribution is -0.139. The molecule has 0 atom stereocenters. The average Bonchev–Trinajstić information content (AvgIpc) is 2.65. The number of likely N-dealkylation sites (tertiary alicyclic amines) is 1. The second kappa shape index (κ2) is 11.5. The number of hydrogen-bond acceptors (Lipinski definition) is 4. The minimum atomic E-state index is -0.762. The quantitative estimate of drug-likeness (QED) is 0.580. The van der Waals surface area contributed by atoms with Crippen LogP contribution in [0.1, 0.15) is 64.7 Å².